The summed E-state index contributed by atoms with van der Waals surface area (Å²) in [5, 5.41) is 9.10. The number of rotatable bonds is 6. The number of nitrogen functional groups attached to an aromatic ring is 1. The quantitative estimate of drug-likeness (QED) is 0.646. The van der Waals surface area contributed by atoms with Crippen molar-refractivity contribution in [3.63, 3.8) is 0 Å². The third-order valence-electron chi connectivity index (χ3n) is 3.22. The molecule has 0 unspecified atom stereocenters. The SMILES string of the molecule is CNS(=O)(=O)c1ccc(N(CCO)C2CC2)c(N)c1. The number of hydrogen-bond donors (Lipinski definition) is 3. The Balaban J connectivity index is 2.33. The van der Waals surface area contributed by atoms with Crippen molar-refractivity contribution in [3.8, 4) is 0 Å². The molecule has 0 amide bonds. The van der Waals surface area contributed by atoms with Gasteiger partial charge < -0.3 is 15.7 Å². The van der Waals surface area contributed by atoms with Gasteiger partial charge in [0, 0.05) is 12.6 Å². The van der Waals surface area contributed by atoms with Gasteiger partial charge in [-0.2, -0.15) is 0 Å². The molecule has 19 heavy (non-hydrogen) atoms. The zero-order valence-corrected chi connectivity index (χ0v) is 11.7. The number of anilines is 2. The van der Waals surface area contributed by atoms with Gasteiger partial charge in [-0.1, -0.05) is 0 Å². The lowest BCUT2D eigenvalue weighted by Crippen LogP contribution is -2.29. The highest BCUT2D eigenvalue weighted by Gasteiger charge is 2.30. The highest BCUT2D eigenvalue weighted by atomic mass is 32.2. The minimum Gasteiger partial charge on any atom is -0.397 e. The molecule has 2 rings (SSSR count). The van der Waals surface area contributed by atoms with Gasteiger partial charge in [-0.15, -0.1) is 0 Å². The van der Waals surface area contributed by atoms with E-state index in [1.165, 1.54) is 19.2 Å². The number of nitrogens with two attached hydrogens (primary N) is 1. The summed E-state index contributed by atoms with van der Waals surface area (Å²) in [7, 11) is -2.12. The molecule has 1 aromatic rings. The zero-order valence-electron chi connectivity index (χ0n) is 10.8. The van der Waals surface area contributed by atoms with E-state index in [1.54, 1.807) is 6.07 Å². The molecule has 1 aromatic carbocycles. The van der Waals surface area contributed by atoms with E-state index in [2.05, 4.69) is 4.72 Å². The van der Waals surface area contributed by atoms with E-state index in [0.717, 1.165) is 18.5 Å². The van der Waals surface area contributed by atoms with Crippen LogP contribution in [0.5, 0.6) is 0 Å². The lowest BCUT2D eigenvalue weighted by molar-refractivity contribution is 0.301. The van der Waals surface area contributed by atoms with Crippen molar-refractivity contribution in [3.05, 3.63) is 18.2 Å². The Morgan fingerprint density at radius 1 is 1.47 bits per heavy atom. The average molecular weight is 285 g/mol. The van der Waals surface area contributed by atoms with E-state index in [9.17, 15) is 8.42 Å². The Morgan fingerprint density at radius 3 is 2.63 bits per heavy atom. The van der Waals surface area contributed by atoms with Crippen molar-refractivity contribution >= 4 is 21.4 Å². The molecule has 7 heteroatoms. The molecule has 1 fully saturated rings. The summed E-state index contributed by atoms with van der Waals surface area (Å²) >= 11 is 0. The van der Waals surface area contributed by atoms with Gasteiger partial charge >= 0.3 is 0 Å². The van der Waals surface area contributed by atoms with Crippen molar-refractivity contribution in [2.45, 2.75) is 23.8 Å². The van der Waals surface area contributed by atoms with E-state index in [4.69, 9.17) is 10.8 Å². The predicted molar refractivity (Wildman–Crippen MR) is 74.6 cm³/mol. The van der Waals surface area contributed by atoms with Gasteiger partial charge in [0.25, 0.3) is 0 Å². The Kier molecular flexibility index (Phi) is 3.98. The molecule has 0 bridgehead atoms. The van der Waals surface area contributed by atoms with Crippen LogP contribution in [0, 0.1) is 0 Å². The first-order valence-corrected chi connectivity index (χ1v) is 7.68. The molecule has 0 atom stereocenters. The second kappa shape index (κ2) is 5.36. The number of benzene rings is 1. The normalized spacial score (nSPS) is 15.5. The Labute approximate surface area is 113 Å². The summed E-state index contributed by atoms with van der Waals surface area (Å²) < 4.78 is 25.6. The lowest BCUT2D eigenvalue weighted by Gasteiger charge is -2.25. The maximum atomic E-state index is 11.7. The van der Waals surface area contributed by atoms with Gasteiger partial charge in [0.15, 0.2) is 0 Å². The van der Waals surface area contributed by atoms with Gasteiger partial charge in [-0.3, -0.25) is 0 Å². The molecular formula is C12H19N3O3S. The Bertz CT molecular complexity index is 555. The molecule has 0 radical (unpaired) electrons. The molecule has 6 nitrogen and oxygen atoms in total. The second-order valence-electron chi connectivity index (χ2n) is 4.58. The first-order chi connectivity index (χ1) is 8.99. The fourth-order valence-electron chi connectivity index (χ4n) is 2.07. The van der Waals surface area contributed by atoms with Gasteiger partial charge in [0.05, 0.1) is 22.9 Å². The first kappa shape index (κ1) is 14.1. The van der Waals surface area contributed by atoms with E-state index in [-0.39, 0.29) is 11.5 Å². The van der Waals surface area contributed by atoms with Crippen LogP contribution >= 0.6 is 0 Å². The largest absolute Gasteiger partial charge is 0.397 e. The van der Waals surface area contributed by atoms with Crippen LogP contribution in [0.15, 0.2) is 23.1 Å². The molecule has 1 aliphatic rings. The highest BCUT2D eigenvalue weighted by molar-refractivity contribution is 7.89. The highest BCUT2D eigenvalue weighted by Crippen LogP contribution is 2.35. The molecule has 0 aromatic heterocycles. The van der Waals surface area contributed by atoms with Crippen molar-refractivity contribution in [2.75, 3.05) is 30.8 Å². The number of aliphatic hydroxyl groups is 1. The fraction of sp³-hybridized carbons (Fsp3) is 0.500. The van der Waals surface area contributed by atoms with Crippen molar-refractivity contribution in [1.29, 1.82) is 0 Å². The summed E-state index contributed by atoms with van der Waals surface area (Å²) in [4.78, 5) is 2.18. The van der Waals surface area contributed by atoms with Crippen LogP contribution in [0.1, 0.15) is 12.8 Å². The maximum absolute atomic E-state index is 11.7. The standard InChI is InChI=1S/C12H19N3O3S/c1-14-19(17,18)10-4-5-12(11(13)8-10)15(6-7-16)9-2-3-9/h4-5,8-9,14,16H,2-3,6-7,13H2,1H3. The minimum atomic E-state index is -3.48. The Morgan fingerprint density at radius 2 is 2.16 bits per heavy atom. The van der Waals surface area contributed by atoms with Crippen LogP contribution in [0.3, 0.4) is 0 Å². The predicted octanol–water partition coefficient (Wildman–Crippen LogP) is 0.138. The second-order valence-corrected chi connectivity index (χ2v) is 6.46. The van der Waals surface area contributed by atoms with Crippen LogP contribution in [-0.2, 0) is 10.0 Å². The van der Waals surface area contributed by atoms with E-state index in [0.29, 0.717) is 18.3 Å². The smallest absolute Gasteiger partial charge is 0.240 e. The molecule has 0 heterocycles. The number of nitrogens with one attached hydrogen (secondary N) is 1. The number of nitrogens with zero attached hydrogens (tertiary/aromatic N) is 1. The van der Waals surface area contributed by atoms with Crippen LogP contribution in [0.4, 0.5) is 11.4 Å². The maximum Gasteiger partial charge on any atom is 0.240 e. The van der Waals surface area contributed by atoms with Gasteiger partial charge in [-0.05, 0) is 38.1 Å². The minimum absolute atomic E-state index is 0.0481. The van der Waals surface area contributed by atoms with Crippen LogP contribution in [-0.4, -0.2) is 39.8 Å². The molecule has 1 aliphatic carbocycles. The van der Waals surface area contributed by atoms with E-state index >= 15 is 0 Å². The van der Waals surface area contributed by atoms with Crippen LogP contribution < -0.4 is 15.4 Å². The molecule has 0 spiro atoms. The number of hydrogen-bond acceptors (Lipinski definition) is 5. The fourth-order valence-corrected chi connectivity index (χ4v) is 2.84. The van der Waals surface area contributed by atoms with Crippen molar-refractivity contribution in [2.24, 2.45) is 0 Å². The first-order valence-electron chi connectivity index (χ1n) is 6.20. The molecular weight excluding hydrogens is 266 g/mol. The van der Waals surface area contributed by atoms with Crippen molar-refractivity contribution in [1.82, 2.24) is 4.72 Å². The summed E-state index contributed by atoms with van der Waals surface area (Å²) in [6.45, 7) is 0.555. The molecule has 106 valence electrons. The van der Waals surface area contributed by atoms with Gasteiger partial charge in [0.2, 0.25) is 10.0 Å². The summed E-state index contributed by atoms with van der Waals surface area (Å²) in [6, 6.07) is 5.09. The van der Waals surface area contributed by atoms with Crippen LogP contribution in [0.25, 0.3) is 0 Å². The van der Waals surface area contributed by atoms with Crippen LogP contribution in [0.2, 0.25) is 0 Å². The van der Waals surface area contributed by atoms with Crippen molar-refractivity contribution < 1.29 is 13.5 Å². The number of sulfonamides is 1. The summed E-state index contributed by atoms with van der Waals surface area (Å²) in [6.07, 6.45) is 2.16. The monoisotopic (exact) mass is 285 g/mol. The Hall–Kier alpha value is -1.31. The molecule has 1 saturated carbocycles. The summed E-state index contributed by atoms with van der Waals surface area (Å²) in [5.41, 5.74) is 7.15. The molecule has 0 aliphatic heterocycles. The third kappa shape index (κ3) is 2.99. The number of aliphatic hydroxyl groups excluding tert-OH is 1. The van der Waals surface area contributed by atoms with E-state index in [1.807, 2.05) is 4.90 Å². The van der Waals surface area contributed by atoms with Gasteiger partial charge in [0.1, 0.15) is 0 Å². The van der Waals surface area contributed by atoms with Gasteiger partial charge in [-0.25, -0.2) is 13.1 Å². The third-order valence-corrected chi connectivity index (χ3v) is 4.63. The average Bonchev–Trinajstić information content (AvgIpc) is 3.20. The lowest BCUT2D eigenvalue weighted by atomic mass is 10.2. The summed E-state index contributed by atoms with van der Waals surface area (Å²) in [5.74, 6) is 0. The molecule has 4 N–H and O–H groups in total. The van der Waals surface area contributed by atoms with E-state index < -0.39 is 10.0 Å². The zero-order chi connectivity index (χ0) is 14.0. The topological polar surface area (TPSA) is 95.7 Å². The molecule has 0 saturated heterocycles.